The van der Waals surface area contributed by atoms with Crippen LogP contribution in [0.3, 0.4) is 0 Å². The molecule has 0 aromatic heterocycles. The number of rotatable bonds is 6. The van der Waals surface area contributed by atoms with Gasteiger partial charge >= 0.3 is 0 Å². The van der Waals surface area contributed by atoms with Crippen LogP contribution < -0.4 is 14.2 Å². The summed E-state index contributed by atoms with van der Waals surface area (Å²) in [6.45, 7) is 0. The highest BCUT2D eigenvalue weighted by Gasteiger charge is 2.19. The van der Waals surface area contributed by atoms with E-state index in [0.717, 1.165) is 11.3 Å². The van der Waals surface area contributed by atoms with E-state index in [2.05, 4.69) is 0 Å². The fraction of sp³-hybridized carbons (Fsp3) is 0.167. The molecule has 1 N–H and O–H groups in total. The first-order valence-corrected chi connectivity index (χ1v) is 6.91. The van der Waals surface area contributed by atoms with Crippen LogP contribution in [-0.4, -0.2) is 32.2 Å². The van der Waals surface area contributed by atoms with Gasteiger partial charge in [-0.1, -0.05) is 18.2 Å². The number of methoxy groups -OCH3 is 3. The Balaban J connectivity index is 2.31. The second-order valence-electron chi connectivity index (χ2n) is 4.67. The van der Waals surface area contributed by atoms with E-state index >= 15 is 0 Å². The fourth-order valence-electron chi connectivity index (χ4n) is 2.12. The minimum Gasteiger partial charge on any atom is -0.507 e. The lowest BCUT2D eigenvalue weighted by molar-refractivity contribution is 0.104. The van der Waals surface area contributed by atoms with Crippen LogP contribution in [0.15, 0.2) is 42.5 Å². The lowest BCUT2D eigenvalue weighted by Gasteiger charge is -2.12. The van der Waals surface area contributed by atoms with Gasteiger partial charge in [0.05, 0.1) is 21.3 Å². The summed E-state index contributed by atoms with van der Waals surface area (Å²) < 4.78 is 15.4. The second-order valence-corrected chi connectivity index (χ2v) is 4.67. The Morgan fingerprint density at radius 1 is 0.957 bits per heavy atom. The zero-order chi connectivity index (χ0) is 16.8. The van der Waals surface area contributed by atoms with E-state index in [4.69, 9.17) is 14.2 Å². The van der Waals surface area contributed by atoms with Crippen molar-refractivity contribution in [2.75, 3.05) is 21.3 Å². The van der Waals surface area contributed by atoms with Gasteiger partial charge in [-0.25, -0.2) is 0 Å². The molecule has 0 aliphatic rings. The number of hydrogen-bond acceptors (Lipinski definition) is 5. The van der Waals surface area contributed by atoms with Crippen LogP contribution >= 0.6 is 0 Å². The lowest BCUT2D eigenvalue weighted by atomic mass is 10.1. The first-order valence-electron chi connectivity index (χ1n) is 6.91. The molecule has 0 spiro atoms. The lowest BCUT2D eigenvalue weighted by Crippen LogP contribution is -2.01. The zero-order valence-electron chi connectivity index (χ0n) is 13.2. The smallest absolute Gasteiger partial charge is 0.193 e. The summed E-state index contributed by atoms with van der Waals surface area (Å²) >= 11 is 0. The van der Waals surface area contributed by atoms with E-state index in [1.807, 2.05) is 12.1 Å². The molecule has 120 valence electrons. The number of benzene rings is 2. The molecular weight excluding hydrogens is 296 g/mol. The average molecular weight is 314 g/mol. The van der Waals surface area contributed by atoms with Crippen LogP contribution in [0.2, 0.25) is 0 Å². The van der Waals surface area contributed by atoms with E-state index in [-0.39, 0.29) is 22.8 Å². The molecule has 0 heterocycles. The van der Waals surface area contributed by atoms with Gasteiger partial charge in [0.2, 0.25) is 0 Å². The molecule has 0 amide bonds. The number of allylic oxidation sites excluding steroid dienone is 1. The van der Waals surface area contributed by atoms with Crippen molar-refractivity contribution in [1.82, 2.24) is 0 Å². The molecule has 0 aliphatic carbocycles. The molecule has 2 rings (SSSR count). The molecular formula is C18H18O5. The molecule has 0 fully saturated rings. The van der Waals surface area contributed by atoms with E-state index in [1.54, 1.807) is 25.3 Å². The van der Waals surface area contributed by atoms with Crippen molar-refractivity contribution in [2.45, 2.75) is 0 Å². The Morgan fingerprint density at radius 3 is 2.22 bits per heavy atom. The largest absolute Gasteiger partial charge is 0.507 e. The summed E-state index contributed by atoms with van der Waals surface area (Å²) in [4.78, 5) is 12.4. The van der Waals surface area contributed by atoms with E-state index in [1.165, 1.54) is 32.4 Å². The molecule has 5 nitrogen and oxygen atoms in total. The van der Waals surface area contributed by atoms with Crippen LogP contribution in [-0.2, 0) is 0 Å². The van der Waals surface area contributed by atoms with Crippen molar-refractivity contribution in [3.05, 3.63) is 53.6 Å². The minimum atomic E-state index is -0.380. The van der Waals surface area contributed by atoms with Gasteiger partial charge in [0.25, 0.3) is 0 Å². The predicted octanol–water partition coefficient (Wildman–Crippen LogP) is 3.31. The summed E-state index contributed by atoms with van der Waals surface area (Å²) in [5.41, 5.74) is 0.900. The van der Waals surface area contributed by atoms with Crippen molar-refractivity contribution in [3.8, 4) is 23.0 Å². The molecule has 0 unspecified atom stereocenters. The molecule has 0 bridgehead atoms. The Bertz CT molecular complexity index is 717. The van der Waals surface area contributed by atoms with Gasteiger partial charge in [0.15, 0.2) is 17.3 Å². The SMILES string of the molecule is COc1ccc(/C=C\C(=O)c2c(O)ccc(OC)c2OC)cc1. The standard InChI is InChI=1S/C18H18O5/c1-21-13-7-4-12(5-8-13)6-9-14(19)17-15(20)10-11-16(22-2)18(17)23-3/h4-11,20H,1-3H3/b9-6-. The number of hydrogen-bond donors (Lipinski definition) is 1. The summed E-state index contributed by atoms with van der Waals surface area (Å²) in [6, 6.07) is 10.2. The van der Waals surface area contributed by atoms with Gasteiger partial charge in [-0.05, 0) is 35.9 Å². The maximum absolute atomic E-state index is 12.4. The second kappa shape index (κ2) is 7.35. The highest BCUT2D eigenvalue weighted by Crippen LogP contribution is 2.37. The van der Waals surface area contributed by atoms with Gasteiger partial charge in [0, 0.05) is 0 Å². The van der Waals surface area contributed by atoms with Gasteiger partial charge in [-0.15, -0.1) is 0 Å². The monoisotopic (exact) mass is 314 g/mol. The Morgan fingerprint density at radius 2 is 1.65 bits per heavy atom. The molecule has 0 radical (unpaired) electrons. The van der Waals surface area contributed by atoms with Crippen molar-refractivity contribution in [2.24, 2.45) is 0 Å². The molecule has 0 aliphatic heterocycles. The maximum atomic E-state index is 12.4. The maximum Gasteiger partial charge on any atom is 0.193 e. The summed E-state index contributed by atoms with van der Waals surface area (Å²) in [7, 11) is 4.48. The number of ether oxygens (including phenoxy) is 3. The van der Waals surface area contributed by atoms with Crippen LogP contribution in [0.5, 0.6) is 23.0 Å². The Labute approximate surface area is 134 Å². The quantitative estimate of drug-likeness (QED) is 0.654. The zero-order valence-corrected chi connectivity index (χ0v) is 13.2. The highest BCUT2D eigenvalue weighted by molar-refractivity contribution is 6.11. The van der Waals surface area contributed by atoms with Crippen LogP contribution in [0.4, 0.5) is 0 Å². The number of aromatic hydroxyl groups is 1. The normalized spacial score (nSPS) is 10.6. The Hall–Kier alpha value is -2.95. The third-order valence-electron chi connectivity index (χ3n) is 3.31. The third kappa shape index (κ3) is 3.63. The van der Waals surface area contributed by atoms with Crippen molar-refractivity contribution < 1.29 is 24.1 Å². The van der Waals surface area contributed by atoms with Crippen molar-refractivity contribution in [1.29, 1.82) is 0 Å². The number of phenols is 1. The number of ketones is 1. The summed E-state index contributed by atoms with van der Waals surface area (Å²) in [5.74, 6) is 0.782. The van der Waals surface area contributed by atoms with Gasteiger partial charge in [-0.2, -0.15) is 0 Å². The fourth-order valence-corrected chi connectivity index (χ4v) is 2.12. The van der Waals surface area contributed by atoms with Crippen molar-refractivity contribution in [3.63, 3.8) is 0 Å². The Kier molecular flexibility index (Phi) is 5.25. The van der Waals surface area contributed by atoms with E-state index in [9.17, 15) is 9.90 Å². The number of carbonyl (C=O) groups excluding carboxylic acids is 1. The molecule has 0 saturated heterocycles. The third-order valence-corrected chi connectivity index (χ3v) is 3.31. The van der Waals surface area contributed by atoms with Crippen molar-refractivity contribution >= 4 is 11.9 Å². The molecule has 23 heavy (non-hydrogen) atoms. The molecule has 0 atom stereocenters. The number of phenolic OH excluding ortho intramolecular Hbond substituents is 1. The molecule has 2 aromatic rings. The topological polar surface area (TPSA) is 65.0 Å². The highest BCUT2D eigenvalue weighted by atomic mass is 16.5. The van der Waals surface area contributed by atoms with Gasteiger partial charge in [-0.3, -0.25) is 4.79 Å². The van der Waals surface area contributed by atoms with E-state index in [0.29, 0.717) is 5.75 Å². The molecule has 0 saturated carbocycles. The minimum absolute atomic E-state index is 0.0663. The van der Waals surface area contributed by atoms with Gasteiger partial charge < -0.3 is 19.3 Å². The van der Waals surface area contributed by atoms with Crippen LogP contribution in [0, 0.1) is 0 Å². The van der Waals surface area contributed by atoms with Gasteiger partial charge in [0.1, 0.15) is 17.1 Å². The molecule has 5 heteroatoms. The van der Waals surface area contributed by atoms with Crippen LogP contribution in [0.1, 0.15) is 15.9 Å². The first kappa shape index (κ1) is 16.4. The van der Waals surface area contributed by atoms with E-state index < -0.39 is 0 Å². The molecule has 2 aromatic carbocycles. The predicted molar refractivity (Wildman–Crippen MR) is 87.6 cm³/mol. The van der Waals surface area contributed by atoms with Crippen LogP contribution in [0.25, 0.3) is 6.08 Å². The summed E-state index contributed by atoms with van der Waals surface area (Å²) in [6.07, 6.45) is 3.03. The average Bonchev–Trinajstić information content (AvgIpc) is 2.59. The number of carbonyl (C=O) groups is 1. The summed E-state index contributed by atoms with van der Waals surface area (Å²) in [5, 5.41) is 9.97. The first-order chi connectivity index (χ1) is 11.1.